The predicted molar refractivity (Wildman–Crippen MR) is 50.9 cm³/mol. The Hall–Kier alpha value is -0.610. The van der Waals surface area contributed by atoms with Gasteiger partial charge in [-0.05, 0) is 19.3 Å². The molecular weight excluding hydrogens is 180 g/mol. The Labute approximate surface area is 83.6 Å². The quantitative estimate of drug-likeness (QED) is 0.676. The molecule has 78 valence electrons. The van der Waals surface area contributed by atoms with Gasteiger partial charge in [0, 0.05) is 12.6 Å². The van der Waals surface area contributed by atoms with Crippen LogP contribution in [-0.2, 0) is 9.53 Å². The lowest BCUT2D eigenvalue weighted by molar-refractivity contribution is -0.130. The first kappa shape index (κ1) is 8.68. The zero-order valence-electron chi connectivity index (χ0n) is 8.24. The molecule has 1 atom stereocenters. The molecule has 2 saturated heterocycles. The van der Waals surface area contributed by atoms with Crippen LogP contribution < -0.4 is 5.32 Å². The van der Waals surface area contributed by atoms with Crippen molar-refractivity contribution in [2.75, 3.05) is 19.8 Å². The van der Waals surface area contributed by atoms with Crippen LogP contribution in [0.2, 0.25) is 0 Å². The van der Waals surface area contributed by atoms with Gasteiger partial charge >= 0.3 is 0 Å². The average molecular weight is 196 g/mol. The highest BCUT2D eigenvalue weighted by atomic mass is 16.5. The van der Waals surface area contributed by atoms with Gasteiger partial charge in [0.1, 0.15) is 0 Å². The summed E-state index contributed by atoms with van der Waals surface area (Å²) in [6.07, 6.45) is 3.40. The monoisotopic (exact) mass is 196 g/mol. The summed E-state index contributed by atoms with van der Waals surface area (Å²) in [5, 5.41) is 3.36. The van der Waals surface area contributed by atoms with Gasteiger partial charge in [-0.1, -0.05) is 0 Å². The van der Waals surface area contributed by atoms with Crippen molar-refractivity contribution in [2.24, 2.45) is 0 Å². The van der Waals surface area contributed by atoms with Crippen LogP contribution in [0.15, 0.2) is 0 Å². The summed E-state index contributed by atoms with van der Waals surface area (Å²) in [6.45, 7) is 2.50. The molecule has 0 aromatic heterocycles. The minimum Gasteiger partial charge on any atom is -0.378 e. The zero-order valence-corrected chi connectivity index (χ0v) is 8.24. The van der Waals surface area contributed by atoms with Crippen LogP contribution in [0.4, 0.5) is 0 Å². The van der Waals surface area contributed by atoms with E-state index in [2.05, 4.69) is 10.2 Å². The minimum absolute atomic E-state index is 0.0736. The smallest absolute Gasteiger partial charge is 0.240 e. The van der Waals surface area contributed by atoms with Gasteiger partial charge in [0.25, 0.3) is 0 Å². The van der Waals surface area contributed by atoms with Gasteiger partial charge < -0.3 is 9.64 Å². The molecule has 0 aromatic rings. The third kappa shape index (κ3) is 1.42. The van der Waals surface area contributed by atoms with E-state index >= 15 is 0 Å². The maximum absolute atomic E-state index is 11.9. The third-order valence-corrected chi connectivity index (χ3v) is 3.30. The molecule has 0 spiro atoms. The second kappa shape index (κ2) is 3.21. The molecule has 0 aromatic carbocycles. The number of nitrogens with zero attached hydrogens (tertiary/aromatic N) is 1. The van der Waals surface area contributed by atoms with Crippen LogP contribution in [0.5, 0.6) is 0 Å². The van der Waals surface area contributed by atoms with Gasteiger partial charge in [0.15, 0.2) is 0 Å². The number of carbonyl (C=O) groups excluding carboxylic acids is 1. The highest BCUT2D eigenvalue weighted by Crippen LogP contribution is 2.30. The van der Waals surface area contributed by atoms with Crippen LogP contribution in [0.25, 0.3) is 0 Å². The molecule has 1 N–H and O–H groups in total. The van der Waals surface area contributed by atoms with Crippen LogP contribution in [0.3, 0.4) is 0 Å². The lowest BCUT2D eigenvalue weighted by Gasteiger charge is -2.29. The predicted octanol–water partition coefficient (Wildman–Crippen LogP) is -0.262. The molecule has 2 aliphatic heterocycles. The number of nitrogens with one attached hydrogen (secondary N) is 1. The van der Waals surface area contributed by atoms with Crippen LogP contribution >= 0.6 is 0 Å². The molecule has 1 amide bonds. The number of hydrogen-bond donors (Lipinski definition) is 1. The summed E-state index contributed by atoms with van der Waals surface area (Å²) in [6, 6.07) is 1.07. The molecule has 4 nitrogen and oxygen atoms in total. The van der Waals surface area contributed by atoms with E-state index in [0.717, 1.165) is 26.2 Å². The van der Waals surface area contributed by atoms with Crippen LogP contribution in [0, 0.1) is 0 Å². The van der Waals surface area contributed by atoms with Crippen LogP contribution in [-0.4, -0.2) is 48.7 Å². The summed E-state index contributed by atoms with van der Waals surface area (Å²) >= 11 is 0. The number of hydrogen-bond acceptors (Lipinski definition) is 3. The Morgan fingerprint density at radius 2 is 2.07 bits per heavy atom. The van der Waals surface area contributed by atoms with Gasteiger partial charge in [-0.3, -0.25) is 10.1 Å². The van der Waals surface area contributed by atoms with E-state index in [9.17, 15) is 4.79 Å². The second-order valence-electron chi connectivity index (χ2n) is 4.51. The zero-order chi connectivity index (χ0) is 9.54. The largest absolute Gasteiger partial charge is 0.378 e. The highest BCUT2D eigenvalue weighted by Gasteiger charge is 2.41. The first-order chi connectivity index (χ1) is 6.84. The molecule has 4 heteroatoms. The van der Waals surface area contributed by atoms with Gasteiger partial charge in [0.2, 0.25) is 5.91 Å². The average Bonchev–Trinajstić information content (AvgIpc) is 2.86. The summed E-state index contributed by atoms with van der Waals surface area (Å²) in [7, 11) is 0. The maximum atomic E-state index is 11.9. The molecule has 1 aliphatic carbocycles. The SMILES string of the molecule is O=C1C(NC2COC2)CCN1C1CC1. The lowest BCUT2D eigenvalue weighted by atomic mass is 10.2. The molecule has 1 saturated carbocycles. The maximum Gasteiger partial charge on any atom is 0.240 e. The van der Waals surface area contributed by atoms with Crippen molar-refractivity contribution in [3.8, 4) is 0 Å². The molecule has 0 radical (unpaired) electrons. The van der Waals surface area contributed by atoms with E-state index in [-0.39, 0.29) is 6.04 Å². The van der Waals surface area contributed by atoms with E-state index in [0.29, 0.717) is 18.0 Å². The Morgan fingerprint density at radius 3 is 2.64 bits per heavy atom. The standard InChI is InChI=1S/C10H16N2O2/c13-10-9(11-7-5-14-6-7)3-4-12(10)8-1-2-8/h7-9,11H,1-6H2. The third-order valence-electron chi connectivity index (χ3n) is 3.30. The highest BCUT2D eigenvalue weighted by molar-refractivity contribution is 5.84. The molecular formula is C10H16N2O2. The van der Waals surface area contributed by atoms with Crippen molar-refractivity contribution in [1.29, 1.82) is 0 Å². The van der Waals surface area contributed by atoms with Crippen molar-refractivity contribution >= 4 is 5.91 Å². The van der Waals surface area contributed by atoms with E-state index in [1.54, 1.807) is 0 Å². The van der Waals surface area contributed by atoms with Gasteiger partial charge in [-0.2, -0.15) is 0 Å². The Kier molecular flexibility index (Phi) is 1.99. The topological polar surface area (TPSA) is 41.6 Å². The fourth-order valence-electron chi connectivity index (χ4n) is 2.22. The van der Waals surface area contributed by atoms with E-state index in [1.807, 2.05) is 0 Å². The summed E-state index contributed by atoms with van der Waals surface area (Å²) < 4.78 is 5.08. The number of carbonyl (C=O) groups is 1. The first-order valence-corrected chi connectivity index (χ1v) is 5.49. The van der Waals surface area contributed by atoms with E-state index in [1.165, 1.54) is 12.8 Å². The molecule has 0 bridgehead atoms. The minimum atomic E-state index is 0.0736. The fourth-order valence-corrected chi connectivity index (χ4v) is 2.22. The fraction of sp³-hybridized carbons (Fsp3) is 0.900. The van der Waals surface area contributed by atoms with Gasteiger partial charge in [0.05, 0.1) is 25.3 Å². The van der Waals surface area contributed by atoms with Crippen molar-refractivity contribution in [1.82, 2.24) is 10.2 Å². The number of amides is 1. The van der Waals surface area contributed by atoms with Crippen molar-refractivity contribution in [2.45, 2.75) is 37.4 Å². The summed E-state index contributed by atoms with van der Waals surface area (Å²) in [5.74, 6) is 0.319. The molecule has 2 heterocycles. The molecule has 3 fully saturated rings. The Balaban J connectivity index is 1.56. The molecule has 14 heavy (non-hydrogen) atoms. The van der Waals surface area contributed by atoms with Gasteiger partial charge in [-0.15, -0.1) is 0 Å². The summed E-state index contributed by atoms with van der Waals surface area (Å²) in [4.78, 5) is 13.9. The van der Waals surface area contributed by atoms with E-state index < -0.39 is 0 Å². The molecule has 3 aliphatic rings. The number of likely N-dealkylation sites (tertiary alicyclic amines) is 1. The molecule has 1 unspecified atom stereocenters. The molecule has 3 rings (SSSR count). The van der Waals surface area contributed by atoms with Crippen LogP contribution in [0.1, 0.15) is 19.3 Å². The number of rotatable bonds is 3. The van der Waals surface area contributed by atoms with Gasteiger partial charge in [-0.25, -0.2) is 0 Å². The van der Waals surface area contributed by atoms with Crippen molar-refractivity contribution < 1.29 is 9.53 Å². The lowest BCUT2D eigenvalue weighted by Crippen LogP contribution is -2.52. The normalized spacial score (nSPS) is 33.6. The second-order valence-corrected chi connectivity index (χ2v) is 4.51. The van der Waals surface area contributed by atoms with Crippen molar-refractivity contribution in [3.05, 3.63) is 0 Å². The van der Waals surface area contributed by atoms with E-state index in [4.69, 9.17) is 4.74 Å². The summed E-state index contributed by atoms with van der Waals surface area (Å²) in [5.41, 5.74) is 0. The first-order valence-electron chi connectivity index (χ1n) is 5.49. The Bertz CT molecular complexity index is 249. The van der Waals surface area contributed by atoms with Crippen molar-refractivity contribution in [3.63, 3.8) is 0 Å². The number of ether oxygens (including phenoxy) is 1. The Morgan fingerprint density at radius 1 is 1.29 bits per heavy atom.